The van der Waals surface area contributed by atoms with Gasteiger partial charge in [-0.25, -0.2) is 0 Å². The Balaban J connectivity index is 2.54. The van der Waals surface area contributed by atoms with Crippen LogP contribution in [0, 0.1) is 10.1 Å². The van der Waals surface area contributed by atoms with Crippen LogP contribution in [0.25, 0.3) is 0 Å². The molecule has 0 bridgehead atoms. The molecule has 0 unspecified atom stereocenters. The second-order valence-electron chi connectivity index (χ2n) is 3.84. The first-order chi connectivity index (χ1) is 9.00. The Morgan fingerprint density at radius 1 is 1.21 bits per heavy atom. The monoisotopic (exact) mass is 276 g/mol. The van der Waals surface area contributed by atoms with Gasteiger partial charge in [0.1, 0.15) is 5.69 Å². The molecule has 0 aliphatic rings. The van der Waals surface area contributed by atoms with Crippen LogP contribution in [0.2, 0.25) is 5.02 Å². The van der Waals surface area contributed by atoms with Crippen molar-refractivity contribution in [1.29, 1.82) is 0 Å². The van der Waals surface area contributed by atoms with Crippen LogP contribution in [0.5, 0.6) is 0 Å². The van der Waals surface area contributed by atoms with Crippen LogP contribution in [0.15, 0.2) is 42.5 Å². The molecule has 0 amide bonds. The van der Waals surface area contributed by atoms with Crippen LogP contribution in [-0.4, -0.2) is 10.7 Å². The number of hydrogen-bond donors (Lipinski definition) is 1. The average Bonchev–Trinajstić information content (AvgIpc) is 2.38. The third-order valence-electron chi connectivity index (χ3n) is 2.59. The van der Waals surface area contributed by atoms with Gasteiger partial charge in [0.2, 0.25) is 0 Å². The van der Waals surface area contributed by atoms with Gasteiger partial charge in [-0.15, -0.1) is 0 Å². The number of nitrogens with zero attached hydrogens (tertiary/aromatic N) is 1. The molecule has 0 aromatic heterocycles. The molecular formula is C13H9ClN2O3. The van der Waals surface area contributed by atoms with E-state index in [-0.39, 0.29) is 27.7 Å². The van der Waals surface area contributed by atoms with Gasteiger partial charge in [-0.1, -0.05) is 41.9 Å². The largest absolute Gasteiger partial charge is 0.393 e. The second kappa shape index (κ2) is 5.07. The first-order valence-electron chi connectivity index (χ1n) is 5.34. The Hall–Kier alpha value is -2.40. The first-order valence-corrected chi connectivity index (χ1v) is 5.71. The van der Waals surface area contributed by atoms with E-state index in [1.54, 1.807) is 30.3 Å². The normalized spacial score (nSPS) is 10.2. The lowest BCUT2D eigenvalue weighted by Gasteiger charge is -2.05. The van der Waals surface area contributed by atoms with E-state index >= 15 is 0 Å². The molecule has 0 aliphatic carbocycles. The molecule has 0 atom stereocenters. The Bertz CT molecular complexity index is 656. The molecular weight excluding hydrogens is 268 g/mol. The van der Waals surface area contributed by atoms with Crippen molar-refractivity contribution in [2.75, 3.05) is 5.73 Å². The van der Waals surface area contributed by atoms with Crippen molar-refractivity contribution in [2.24, 2.45) is 0 Å². The lowest BCUT2D eigenvalue weighted by molar-refractivity contribution is -0.383. The van der Waals surface area contributed by atoms with E-state index in [1.165, 1.54) is 6.07 Å². The van der Waals surface area contributed by atoms with Gasteiger partial charge in [0, 0.05) is 17.2 Å². The molecule has 5 nitrogen and oxygen atoms in total. The van der Waals surface area contributed by atoms with Crippen molar-refractivity contribution >= 4 is 28.8 Å². The quantitative estimate of drug-likeness (QED) is 0.404. The van der Waals surface area contributed by atoms with Crippen molar-refractivity contribution in [1.82, 2.24) is 0 Å². The summed E-state index contributed by atoms with van der Waals surface area (Å²) in [6.45, 7) is 0. The first kappa shape index (κ1) is 13.0. The topological polar surface area (TPSA) is 86.2 Å². The number of carbonyl (C=O) groups excluding carboxylic acids is 1. The number of rotatable bonds is 3. The molecule has 2 rings (SSSR count). The summed E-state index contributed by atoms with van der Waals surface area (Å²) in [6.07, 6.45) is 0. The standard InChI is InChI=1S/C13H9ClN2O3/c14-10-7-11(15)12(16(18)19)6-9(10)13(17)8-4-2-1-3-5-8/h1-7H,15H2. The number of carbonyl (C=O) groups is 1. The summed E-state index contributed by atoms with van der Waals surface area (Å²) in [4.78, 5) is 22.4. The van der Waals surface area contributed by atoms with E-state index in [4.69, 9.17) is 17.3 Å². The molecule has 0 radical (unpaired) electrons. The van der Waals surface area contributed by atoms with Crippen LogP contribution in [0.4, 0.5) is 11.4 Å². The summed E-state index contributed by atoms with van der Waals surface area (Å²) in [7, 11) is 0. The van der Waals surface area contributed by atoms with Crippen LogP contribution < -0.4 is 5.73 Å². The zero-order valence-electron chi connectivity index (χ0n) is 9.67. The van der Waals surface area contributed by atoms with Gasteiger partial charge in [-0.05, 0) is 6.07 Å². The van der Waals surface area contributed by atoms with E-state index in [2.05, 4.69) is 0 Å². The number of benzene rings is 2. The van der Waals surface area contributed by atoms with Crippen molar-refractivity contribution < 1.29 is 9.72 Å². The van der Waals surface area contributed by atoms with E-state index < -0.39 is 4.92 Å². The maximum absolute atomic E-state index is 12.2. The highest BCUT2D eigenvalue weighted by Gasteiger charge is 2.20. The molecule has 0 aliphatic heterocycles. The van der Waals surface area contributed by atoms with Gasteiger partial charge in [0.25, 0.3) is 5.69 Å². The second-order valence-corrected chi connectivity index (χ2v) is 4.25. The molecule has 2 aromatic carbocycles. The SMILES string of the molecule is Nc1cc(Cl)c(C(=O)c2ccccc2)cc1[N+](=O)[O-]. The third kappa shape index (κ3) is 2.56. The summed E-state index contributed by atoms with van der Waals surface area (Å²) >= 11 is 5.93. The van der Waals surface area contributed by atoms with Crippen molar-refractivity contribution in [3.05, 3.63) is 68.7 Å². The van der Waals surface area contributed by atoms with Gasteiger partial charge >= 0.3 is 0 Å². The number of hydrogen-bond acceptors (Lipinski definition) is 4. The van der Waals surface area contributed by atoms with Crippen molar-refractivity contribution in [3.63, 3.8) is 0 Å². The molecule has 2 N–H and O–H groups in total. The number of halogens is 1. The summed E-state index contributed by atoms with van der Waals surface area (Å²) in [6, 6.07) is 10.7. The van der Waals surface area contributed by atoms with Crippen LogP contribution >= 0.6 is 11.6 Å². The minimum atomic E-state index is -0.645. The van der Waals surface area contributed by atoms with Gasteiger partial charge in [-0.2, -0.15) is 0 Å². The fourth-order valence-electron chi connectivity index (χ4n) is 1.65. The molecule has 96 valence electrons. The predicted molar refractivity (Wildman–Crippen MR) is 72.4 cm³/mol. The molecule has 6 heteroatoms. The minimum absolute atomic E-state index is 0.0637. The lowest BCUT2D eigenvalue weighted by Crippen LogP contribution is -2.05. The fourth-order valence-corrected chi connectivity index (χ4v) is 1.91. The number of nitro benzene ring substituents is 1. The minimum Gasteiger partial charge on any atom is -0.393 e. The molecule has 0 fully saturated rings. The number of nitrogens with two attached hydrogens (primary N) is 1. The highest BCUT2D eigenvalue weighted by molar-refractivity contribution is 6.35. The Labute approximate surface area is 113 Å². The van der Waals surface area contributed by atoms with Gasteiger partial charge in [-0.3, -0.25) is 14.9 Å². The average molecular weight is 277 g/mol. The summed E-state index contributed by atoms with van der Waals surface area (Å²) in [5, 5.41) is 10.9. The Kier molecular flexibility index (Phi) is 3.48. The van der Waals surface area contributed by atoms with Gasteiger partial charge < -0.3 is 5.73 Å². The van der Waals surface area contributed by atoms with E-state index in [9.17, 15) is 14.9 Å². The highest BCUT2D eigenvalue weighted by Crippen LogP contribution is 2.30. The van der Waals surface area contributed by atoms with E-state index in [0.717, 1.165) is 6.07 Å². The van der Waals surface area contributed by atoms with Crippen molar-refractivity contribution in [3.8, 4) is 0 Å². The maximum atomic E-state index is 12.2. The molecule has 19 heavy (non-hydrogen) atoms. The summed E-state index contributed by atoms with van der Waals surface area (Å²) < 4.78 is 0. The summed E-state index contributed by atoms with van der Waals surface area (Å²) in [5.41, 5.74) is 5.56. The van der Waals surface area contributed by atoms with Crippen LogP contribution in [0.1, 0.15) is 15.9 Å². The molecule has 0 heterocycles. The smallest absolute Gasteiger partial charge is 0.292 e. The molecule has 0 spiro atoms. The predicted octanol–water partition coefficient (Wildman–Crippen LogP) is 3.06. The van der Waals surface area contributed by atoms with E-state index in [1.807, 2.05) is 0 Å². The third-order valence-corrected chi connectivity index (χ3v) is 2.91. The zero-order valence-corrected chi connectivity index (χ0v) is 10.4. The molecule has 2 aromatic rings. The summed E-state index contributed by atoms with van der Waals surface area (Å²) in [5.74, 6) is -0.381. The van der Waals surface area contributed by atoms with Crippen LogP contribution in [0.3, 0.4) is 0 Å². The molecule has 0 saturated heterocycles. The van der Waals surface area contributed by atoms with E-state index in [0.29, 0.717) is 5.56 Å². The van der Waals surface area contributed by atoms with Gasteiger partial charge in [0.15, 0.2) is 5.78 Å². The van der Waals surface area contributed by atoms with Gasteiger partial charge in [0.05, 0.1) is 9.95 Å². The Morgan fingerprint density at radius 2 is 1.84 bits per heavy atom. The zero-order chi connectivity index (χ0) is 14.0. The number of ketones is 1. The number of anilines is 1. The van der Waals surface area contributed by atoms with Crippen molar-refractivity contribution in [2.45, 2.75) is 0 Å². The fraction of sp³-hybridized carbons (Fsp3) is 0. The number of nitro groups is 1. The molecule has 0 saturated carbocycles. The van der Waals surface area contributed by atoms with Crippen LogP contribution in [-0.2, 0) is 0 Å². The number of nitrogen functional groups attached to an aromatic ring is 1. The highest BCUT2D eigenvalue weighted by atomic mass is 35.5. The maximum Gasteiger partial charge on any atom is 0.292 e. The Morgan fingerprint density at radius 3 is 2.42 bits per heavy atom. The lowest BCUT2D eigenvalue weighted by atomic mass is 10.0.